The minimum absolute atomic E-state index is 0.0846. The van der Waals surface area contributed by atoms with Gasteiger partial charge in [0, 0.05) is 31.8 Å². The van der Waals surface area contributed by atoms with Gasteiger partial charge < -0.3 is 19.7 Å². The summed E-state index contributed by atoms with van der Waals surface area (Å²) >= 11 is 0. The maximum atomic E-state index is 5.46. The molecule has 116 valence electrons. The Morgan fingerprint density at radius 3 is 2.48 bits per heavy atom. The Morgan fingerprint density at radius 1 is 1.10 bits per heavy atom. The van der Waals surface area contributed by atoms with Crippen LogP contribution >= 0.6 is 0 Å². The van der Waals surface area contributed by atoms with Gasteiger partial charge in [-0.2, -0.15) is 0 Å². The van der Waals surface area contributed by atoms with Gasteiger partial charge in [0.05, 0.1) is 13.2 Å². The molecule has 5 heteroatoms. The summed E-state index contributed by atoms with van der Waals surface area (Å²) < 4.78 is 10.9. The summed E-state index contributed by atoms with van der Waals surface area (Å²) in [6.07, 6.45) is 2.05. The maximum absolute atomic E-state index is 5.46. The lowest BCUT2D eigenvalue weighted by Crippen LogP contribution is -2.41. The van der Waals surface area contributed by atoms with Gasteiger partial charge in [0.15, 0.2) is 0 Å². The van der Waals surface area contributed by atoms with Crippen molar-refractivity contribution in [3.05, 3.63) is 17.7 Å². The van der Waals surface area contributed by atoms with E-state index in [2.05, 4.69) is 36.2 Å². The Balaban J connectivity index is 1.77. The number of rotatable bonds is 3. The molecule has 0 saturated carbocycles. The maximum Gasteiger partial charge on any atom is 0.131 e. The summed E-state index contributed by atoms with van der Waals surface area (Å²) in [5, 5.41) is 3.63. The molecule has 2 aliphatic heterocycles. The van der Waals surface area contributed by atoms with Crippen molar-refractivity contribution in [2.45, 2.75) is 32.2 Å². The molecule has 0 radical (unpaired) electrons. The molecule has 5 nitrogen and oxygen atoms in total. The van der Waals surface area contributed by atoms with Crippen molar-refractivity contribution in [2.24, 2.45) is 0 Å². The number of pyridine rings is 1. The van der Waals surface area contributed by atoms with Crippen LogP contribution in [0, 0.1) is 6.92 Å². The van der Waals surface area contributed by atoms with E-state index in [0.717, 1.165) is 64.0 Å². The number of ether oxygens (including phenoxy) is 2. The molecule has 0 aromatic carbocycles. The van der Waals surface area contributed by atoms with Gasteiger partial charge in [0.2, 0.25) is 0 Å². The van der Waals surface area contributed by atoms with E-state index < -0.39 is 0 Å². The van der Waals surface area contributed by atoms with Crippen LogP contribution in [0.3, 0.4) is 0 Å². The molecule has 0 spiro atoms. The Hall–Kier alpha value is -1.33. The minimum atomic E-state index is 0.0846. The monoisotopic (exact) mass is 291 g/mol. The van der Waals surface area contributed by atoms with Crippen molar-refractivity contribution in [1.29, 1.82) is 0 Å². The summed E-state index contributed by atoms with van der Waals surface area (Å²) in [4.78, 5) is 7.11. The van der Waals surface area contributed by atoms with Gasteiger partial charge >= 0.3 is 0 Å². The first-order valence-electron chi connectivity index (χ1n) is 7.82. The molecule has 2 saturated heterocycles. The quantitative estimate of drug-likeness (QED) is 0.925. The van der Waals surface area contributed by atoms with Crippen LogP contribution in [-0.4, -0.2) is 50.0 Å². The molecule has 0 bridgehead atoms. The van der Waals surface area contributed by atoms with Crippen LogP contribution in [0.4, 0.5) is 11.6 Å². The molecule has 0 aliphatic carbocycles. The van der Waals surface area contributed by atoms with Crippen molar-refractivity contribution in [2.75, 3.05) is 49.7 Å². The van der Waals surface area contributed by atoms with Gasteiger partial charge in [0.25, 0.3) is 0 Å². The minimum Gasteiger partial charge on any atom is -0.381 e. The number of hydrogen-bond acceptors (Lipinski definition) is 5. The molecular weight excluding hydrogens is 266 g/mol. The van der Waals surface area contributed by atoms with Crippen molar-refractivity contribution in [1.82, 2.24) is 4.98 Å². The topological polar surface area (TPSA) is 46.6 Å². The Morgan fingerprint density at radius 2 is 1.76 bits per heavy atom. The highest BCUT2D eigenvalue weighted by Crippen LogP contribution is 2.26. The lowest BCUT2D eigenvalue weighted by atomic mass is 9.92. The van der Waals surface area contributed by atoms with E-state index in [1.54, 1.807) is 0 Å². The first kappa shape index (κ1) is 14.6. The number of aromatic nitrogens is 1. The van der Waals surface area contributed by atoms with Gasteiger partial charge in [-0.15, -0.1) is 0 Å². The van der Waals surface area contributed by atoms with E-state index in [0.29, 0.717) is 0 Å². The van der Waals surface area contributed by atoms with Crippen molar-refractivity contribution in [3.8, 4) is 0 Å². The van der Waals surface area contributed by atoms with E-state index >= 15 is 0 Å². The molecule has 0 amide bonds. The SMILES string of the molecule is Cc1cc(NC2(C)CCOCC2)nc(N2CCOCC2)c1. The third kappa shape index (κ3) is 3.66. The fourth-order valence-electron chi connectivity index (χ4n) is 2.92. The number of hydrogen-bond donors (Lipinski definition) is 1. The molecule has 3 rings (SSSR count). The molecule has 1 aromatic heterocycles. The van der Waals surface area contributed by atoms with Crippen molar-refractivity contribution < 1.29 is 9.47 Å². The van der Waals surface area contributed by atoms with Gasteiger partial charge in [-0.25, -0.2) is 4.98 Å². The molecule has 1 N–H and O–H groups in total. The van der Waals surface area contributed by atoms with Crippen LogP contribution in [0.2, 0.25) is 0 Å². The zero-order valence-corrected chi connectivity index (χ0v) is 13.0. The standard InChI is InChI=1S/C16H25N3O2/c1-13-11-14(18-16(2)3-7-20-8-4-16)17-15(12-13)19-5-9-21-10-6-19/h11-12H,3-10H2,1-2H3,(H,17,18). The second-order valence-corrected chi connectivity index (χ2v) is 6.29. The Bertz CT molecular complexity index is 480. The highest BCUT2D eigenvalue weighted by atomic mass is 16.5. The fourth-order valence-corrected chi connectivity index (χ4v) is 2.92. The molecule has 3 heterocycles. The van der Waals surface area contributed by atoms with Crippen LogP contribution in [0.15, 0.2) is 12.1 Å². The van der Waals surface area contributed by atoms with Gasteiger partial charge in [-0.1, -0.05) is 0 Å². The zero-order valence-electron chi connectivity index (χ0n) is 13.0. The molecule has 0 unspecified atom stereocenters. The van der Waals surface area contributed by atoms with Crippen LogP contribution in [0.25, 0.3) is 0 Å². The number of nitrogens with zero attached hydrogens (tertiary/aromatic N) is 2. The molecule has 2 fully saturated rings. The normalized spacial score (nSPS) is 22.1. The largest absolute Gasteiger partial charge is 0.381 e. The summed E-state index contributed by atoms with van der Waals surface area (Å²) in [7, 11) is 0. The summed E-state index contributed by atoms with van der Waals surface area (Å²) in [6.45, 7) is 9.44. The average Bonchev–Trinajstić information content (AvgIpc) is 2.48. The first-order chi connectivity index (χ1) is 10.1. The number of nitrogens with one attached hydrogen (secondary N) is 1. The Kier molecular flexibility index (Phi) is 4.31. The predicted octanol–water partition coefficient (Wildman–Crippen LogP) is 2.21. The van der Waals surface area contributed by atoms with E-state index in [-0.39, 0.29) is 5.54 Å². The van der Waals surface area contributed by atoms with Gasteiger partial charge in [0.1, 0.15) is 11.6 Å². The van der Waals surface area contributed by atoms with E-state index in [4.69, 9.17) is 14.5 Å². The zero-order chi connectivity index (χ0) is 14.7. The number of aryl methyl sites for hydroxylation is 1. The van der Waals surface area contributed by atoms with E-state index in [1.165, 1.54) is 5.56 Å². The van der Waals surface area contributed by atoms with Gasteiger partial charge in [-0.05, 0) is 44.4 Å². The Labute approximate surface area is 126 Å². The van der Waals surface area contributed by atoms with Crippen LogP contribution in [0.5, 0.6) is 0 Å². The highest BCUT2D eigenvalue weighted by molar-refractivity contribution is 5.51. The lowest BCUT2D eigenvalue weighted by molar-refractivity contribution is 0.0657. The van der Waals surface area contributed by atoms with Crippen molar-refractivity contribution >= 4 is 11.6 Å². The summed E-state index contributed by atoms with van der Waals surface area (Å²) in [5.41, 5.74) is 1.33. The third-order valence-electron chi connectivity index (χ3n) is 4.32. The van der Waals surface area contributed by atoms with Crippen LogP contribution in [-0.2, 0) is 9.47 Å². The predicted molar refractivity (Wildman–Crippen MR) is 84.1 cm³/mol. The van der Waals surface area contributed by atoms with E-state index in [1.807, 2.05) is 0 Å². The van der Waals surface area contributed by atoms with Gasteiger partial charge in [-0.3, -0.25) is 0 Å². The first-order valence-corrected chi connectivity index (χ1v) is 7.82. The highest BCUT2D eigenvalue weighted by Gasteiger charge is 2.27. The number of morpholine rings is 1. The van der Waals surface area contributed by atoms with Crippen molar-refractivity contribution in [3.63, 3.8) is 0 Å². The second kappa shape index (κ2) is 6.20. The van der Waals surface area contributed by atoms with Crippen LogP contribution < -0.4 is 10.2 Å². The molecule has 21 heavy (non-hydrogen) atoms. The average molecular weight is 291 g/mol. The summed E-state index contributed by atoms with van der Waals surface area (Å²) in [6, 6.07) is 4.29. The fraction of sp³-hybridized carbons (Fsp3) is 0.688. The van der Waals surface area contributed by atoms with Crippen LogP contribution in [0.1, 0.15) is 25.3 Å². The molecule has 1 aromatic rings. The molecule has 0 atom stereocenters. The van der Waals surface area contributed by atoms with E-state index in [9.17, 15) is 0 Å². The third-order valence-corrected chi connectivity index (χ3v) is 4.32. The molecule has 2 aliphatic rings. The summed E-state index contributed by atoms with van der Waals surface area (Å²) in [5.74, 6) is 2.03. The molecular formula is C16H25N3O2. The smallest absolute Gasteiger partial charge is 0.131 e. The lowest BCUT2D eigenvalue weighted by Gasteiger charge is -2.35. The second-order valence-electron chi connectivity index (χ2n) is 6.29. The number of anilines is 2.